The van der Waals surface area contributed by atoms with Crippen LogP contribution < -0.4 is 0 Å². The lowest BCUT2D eigenvalue weighted by molar-refractivity contribution is 0.159. The standard InChI is InChI=1S/C8H10NO/c1-2-10-9-8-6-4-3-5-7-8/h3-7H,2H2,1H3. The van der Waals surface area contributed by atoms with Crippen molar-refractivity contribution in [2.75, 3.05) is 6.61 Å². The molecule has 0 spiro atoms. The average Bonchev–Trinajstić information content (AvgIpc) is 2.03. The second-order valence-corrected chi connectivity index (χ2v) is 1.84. The largest absolute Gasteiger partial charge is 0.396 e. The lowest BCUT2D eigenvalue weighted by Gasteiger charge is -1.97. The van der Waals surface area contributed by atoms with Crippen LogP contribution in [0.2, 0.25) is 0 Å². The summed E-state index contributed by atoms with van der Waals surface area (Å²) in [6, 6.07) is 0. The Balaban J connectivity index is 2.46. The molecular weight excluding hydrogens is 126 g/mol. The van der Waals surface area contributed by atoms with Gasteiger partial charge in [0, 0.05) is 6.42 Å². The first-order chi connectivity index (χ1) is 4.93. The van der Waals surface area contributed by atoms with Gasteiger partial charge in [-0.3, -0.25) is 0 Å². The molecule has 10 heavy (non-hydrogen) atoms. The van der Waals surface area contributed by atoms with E-state index in [1.165, 1.54) is 0 Å². The fourth-order valence-corrected chi connectivity index (χ4v) is 0.628. The van der Waals surface area contributed by atoms with E-state index < -0.39 is 0 Å². The summed E-state index contributed by atoms with van der Waals surface area (Å²) in [5.41, 5.74) is 0.865. The fraction of sp³-hybridized carbons (Fsp3) is 0.250. The van der Waals surface area contributed by atoms with Crippen LogP contribution in [0.25, 0.3) is 0 Å². The molecule has 1 aliphatic carbocycles. The summed E-state index contributed by atoms with van der Waals surface area (Å²) in [4.78, 5) is 4.84. The van der Waals surface area contributed by atoms with Gasteiger partial charge in [-0.05, 0) is 19.1 Å². The van der Waals surface area contributed by atoms with Crippen LogP contribution >= 0.6 is 0 Å². The van der Waals surface area contributed by atoms with Crippen molar-refractivity contribution < 1.29 is 4.84 Å². The number of oxime groups is 1. The summed E-state index contributed by atoms with van der Waals surface area (Å²) in [5, 5.41) is 3.82. The first-order valence-corrected chi connectivity index (χ1v) is 3.31. The molecule has 0 saturated carbocycles. The Kier molecular flexibility index (Phi) is 2.74. The summed E-state index contributed by atoms with van der Waals surface area (Å²) in [7, 11) is 0. The van der Waals surface area contributed by atoms with Gasteiger partial charge >= 0.3 is 0 Å². The van der Waals surface area contributed by atoms with Gasteiger partial charge < -0.3 is 4.84 Å². The Labute approximate surface area is 60.9 Å². The highest BCUT2D eigenvalue weighted by Gasteiger charge is 1.91. The molecule has 2 nitrogen and oxygen atoms in total. The summed E-state index contributed by atoms with van der Waals surface area (Å²) >= 11 is 0. The zero-order valence-electron chi connectivity index (χ0n) is 5.95. The zero-order valence-corrected chi connectivity index (χ0v) is 5.95. The molecule has 53 valence electrons. The van der Waals surface area contributed by atoms with Crippen molar-refractivity contribution in [3.63, 3.8) is 0 Å². The highest BCUT2D eigenvalue weighted by atomic mass is 16.6. The minimum Gasteiger partial charge on any atom is -0.396 e. The van der Waals surface area contributed by atoms with E-state index in [-0.39, 0.29) is 0 Å². The third-order valence-corrected chi connectivity index (χ3v) is 1.06. The molecule has 0 aromatic rings. The number of allylic oxidation sites excluding steroid dienone is 4. The molecule has 0 aromatic heterocycles. The van der Waals surface area contributed by atoms with Gasteiger partial charge in [0.15, 0.2) is 0 Å². The second-order valence-electron chi connectivity index (χ2n) is 1.84. The fourth-order valence-electron chi connectivity index (χ4n) is 0.628. The lowest BCUT2D eigenvalue weighted by Crippen LogP contribution is -1.93. The Morgan fingerprint density at radius 1 is 1.40 bits per heavy atom. The van der Waals surface area contributed by atoms with Gasteiger partial charge in [0.2, 0.25) is 0 Å². The Hall–Kier alpha value is -1.05. The molecule has 0 heterocycles. The van der Waals surface area contributed by atoms with Crippen molar-refractivity contribution in [1.82, 2.24) is 0 Å². The van der Waals surface area contributed by atoms with Gasteiger partial charge in [0.05, 0.1) is 0 Å². The predicted molar refractivity (Wildman–Crippen MR) is 41.6 cm³/mol. The first kappa shape index (κ1) is 7.06. The predicted octanol–water partition coefficient (Wildman–Crippen LogP) is 1.71. The average molecular weight is 136 g/mol. The van der Waals surface area contributed by atoms with Crippen LogP contribution in [0, 0.1) is 6.42 Å². The van der Waals surface area contributed by atoms with Crippen molar-refractivity contribution in [2.24, 2.45) is 5.16 Å². The van der Waals surface area contributed by atoms with Crippen molar-refractivity contribution in [3.05, 3.63) is 30.7 Å². The maximum absolute atomic E-state index is 4.84. The van der Waals surface area contributed by atoms with Crippen LogP contribution in [0.5, 0.6) is 0 Å². The van der Waals surface area contributed by atoms with Crippen LogP contribution in [-0.2, 0) is 4.84 Å². The molecule has 0 amide bonds. The van der Waals surface area contributed by atoms with Crippen molar-refractivity contribution in [3.8, 4) is 0 Å². The molecule has 0 aromatic carbocycles. The summed E-state index contributed by atoms with van der Waals surface area (Å²) < 4.78 is 0. The van der Waals surface area contributed by atoms with E-state index in [0.717, 1.165) is 5.71 Å². The minimum absolute atomic E-state index is 0.620. The Morgan fingerprint density at radius 3 is 2.70 bits per heavy atom. The first-order valence-electron chi connectivity index (χ1n) is 3.31. The van der Waals surface area contributed by atoms with Crippen LogP contribution in [0.3, 0.4) is 0 Å². The van der Waals surface area contributed by atoms with Crippen molar-refractivity contribution in [1.29, 1.82) is 0 Å². The molecule has 1 rings (SSSR count). The van der Waals surface area contributed by atoms with Crippen LogP contribution in [0.1, 0.15) is 6.92 Å². The number of hydrogen-bond donors (Lipinski definition) is 0. The maximum Gasteiger partial charge on any atom is 0.114 e. The van der Waals surface area contributed by atoms with E-state index in [0.29, 0.717) is 6.61 Å². The van der Waals surface area contributed by atoms with Crippen molar-refractivity contribution >= 4 is 5.71 Å². The van der Waals surface area contributed by atoms with Crippen LogP contribution in [0.15, 0.2) is 29.5 Å². The summed E-state index contributed by atoms with van der Waals surface area (Å²) in [5.74, 6) is 0. The normalized spacial score (nSPS) is 15.5. The molecule has 1 radical (unpaired) electrons. The zero-order chi connectivity index (χ0) is 7.23. The highest BCUT2D eigenvalue weighted by molar-refractivity contribution is 6.04. The third-order valence-electron chi connectivity index (χ3n) is 1.06. The second kappa shape index (κ2) is 3.88. The minimum atomic E-state index is 0.620. The molecular formula is C8H10NO. The quantitative estimate of drug-likeness (QED) is 0.529. The molecule has 0 atom stereocenters. The smallest absolute Gasteiger partial charge is 0.114 e. The van der Waals surface area contributed by atoms with Gasteiger partial charge in [-0.2, -0.15) is 0 Å². The van der Waals surface area contributed by atoms with Gasteiger partial charge in [0.25, 0.3) is 0 Å². The van der Waals surface area contributed by atoms with E-state index in [2.05, 4.69) is 5.16 Å². The number of nitrogens with zero attached hydrogens (tertiary/aromatic N) is 1. The van der Waals surface area contributed by atoms with E-state index in [1.807, 2.05) is 37.6 Å². The molecule has 0 aliphatic heterocycles. The van der Waals surface area contributed by atoms with E-state index >= 15 is 0 Å². The molecule has 0 bridgehead atoms. The molecule has 0 saturated heterocycles. The van der Waals surface area contributed by atoms with Gasteiger partial charge in [-0.1, -0.05) is 17.3 Å². The highest BCUT2D eigenvalue weighted by Crippen LogP contribution is 1.97. The Bertz CT molecular complexity index is 166. The number of hydrogen-bond acceptors (Lipinski definition) is 2. The van der Waals surface area contributed by atoms with Gasteiger partial charge in [-0.25, -0.2) is 0 Å². The molecule has 0 fully saturated rings. The monoisotopic (exact) mass is 136 g/mol. The van der Waals surface area contributed by atoms with E-state index in [1.54, 1.807) is 0 Å². The number of rotatable bonds is 2. The SMILES string of the molecule is CCON=C1C=C[CH]C=C1. The third kappa shape index (κ3) is 2.05. The topological polar surface area (TPSA) is 21.6 Å². The molecule has 1 aliphatic rings. The summed E-state index contributed by atoms with van der Waals surface area (Å²) in [6.45, 7) is 2.53. The van der Waals surface area contributed by atoms with Crippen molar-refractivity contribution in [2.45, 2.75) is 6.92 Å². The Morgan fingerprint density at radius 2 is 2.10 bits per heavy atom. The van der Waals surface area contributed by atoms with Gasteiger partial charge in [0.1, 0.15) is 12.3 Å². The van der Waals surface area contributed by atoms with Gasteiger partial charge in [-0.15, -0.1) is 0 Å². The van der Waals surface area contributed by atoms with Crippen LogP contribution in [0.4, 0.5) is 0 Å². The van der Waals surface area contributed by atoms with E-state index in [9.17, 15) is 0 Å². The molecule has 0 unspecified atom stereocenters. The lowest BCUT2D eigenvalue weighted by atomic mass is 10.2. The molecule has 2 heteroatoms. The summed E-state index contributed by atoms with van der Waals surface area (Å²) in [6.07, 6.45) is 9.60. The van der Waals surface area contributed by atoms with E-state index in [4.69, 9.17) is 4.84 Å². The molecule has 0 N–H and O–H groups in total. The maximum atomic E-state index is 4.84. The van der Waals surface area contributed by atoms with Crippen LogP contribution in [-0.4, -0.2) is 12.3 Å².